The van der Waals surface area contributed by atoms with Gasteiger partial charge in [-0.3, -0.25) is 14.5 Å². The number of ether oxygens (including phenoxy) is 1. The molecule has 0 saturated carbocycles. The Hall–Kier alpha value is -2.93. The Morgan fingerprint density at radius 3 is 2.67 bits per heavy atom. The molecular formula is C23H23N3O3S. The number of hydrogen-bond acceptors (Lipinski definition) is 5. The van der Waals surface area contributed by atoms with Crippen LogP contribution in [-0.2, 0) is 9.59 Å². The van der Waals surface area contributed by atoms with E-state index in [1.165, 1.54) is 4.70 Å². The van der Waals surface area contributed by atoms with E-state index in [0.29, 0.717) is 30.4 Å². The van der Waals surface area contributed by atoms with Crippen molar-refractivity contribution >= 4 is 39.1 Å². The van der Waals surface area contributed by atoms with Crippen molar-refractivity contribution in [2.75, 3.05) is 24.5 Å². The van der Waals surface area contributed by atoms with Crippen LogP contribution in [0.3, 0.4) is 0 Å². The molecule has 7 heteroatoms. The van der Waals surface area contributed by atoms with E-state index in [2.05, 4.69) is 6.07 Å². The number of anilines is 1. The van der Waals surface area contributed by atoms with Crippen LogP contribution in [0.1, 0.15) is 30.7 Å². The van der Waals surface area contributed by atoms with E-state index in [4.69, 9.17) is 9.72 Å². The number of piperidine rings is 1. The average Bonchev–Trinajstić information content (AvgIpc) is 3.21. The number of fused-ring (bicyclic) bond motifs is 2. The molecule has 30 heavy (non-hydrogen) atoms. The lowest BCUT2D eigenvalue weighted by Crippen LogP contribution is -2.50. The molecule has 6 nitrogen and oxygen atoms in total. The van der Waals surface area contributed by atoms with Crippen LogP contribution in [0.2, 0.25) is 0 Å². The summed E-state index contributed by atoms with van der Waals surface area (Å²) < 4.78 is 6.88. The smallest absolute Gasteiger partial charge is 0.268 e. The first-order valence-electron chi connectivity index (χ1n) is 10.3. The molecule has 2 aliphatic rings. The molecule has 2 aliphatic heterocycles. The molecule has 3 aromatic rings. The zero-order chi connectivity index (χ0) is 20.7. The van der Waals surface area contributed by atoms with Gasteiger partial charge in [-0.15, -0.1) is 11.3 Å². The largest absolute Gasteiger partial charge is 0.479 e. The van der Waals surface area contributed by atoms with Crippen molar-refractivity contribution in [3.05, 3.63) is 53.5 Å². The first-order valence-corrected chi connectivity index (χ1v) is 11.1. The highest BCUT2D eigenvalue weighted by Gasteiger charge is 2.34. The van der Waals surface area contributed by atoms with Gasteiger partial charge in [0.2, 0.25) is 5.91 Å². The maximum absolute atomic E-state index is 13.0. The van der Waals surface area contributed by atoms with Gasteiger partial charge >= 0.3 is 0 Å². The fraction of sp³-hybridized carbons (Fsp3) is 0.348. The van der Waals surface area contributed by atoms with Crippen LogP contribution in [-0.4, -0.2) is 47.4 Å². The molecule has 0 radical (unpaired) electrons. The Morgan fingerprint density at radius 1 is 1.13 bits per heavy atom. The molecule has 1 fully saturated rings. The lowest BCUT2D eigenvalue weighted by atomic mass is 9.97. The molecule has 1 aromatic heterocycles. The van der Waals surface area contributed by atoms with Crippen LogP contribution in [0.4, 0.5) is 5.69 Å². The van der Waals surface area contributed by atoms with Crippen molar-refractivity contribution in [1.29, 1.82) is 0 Å². The Morgan fingerprint density at radius 2 is 1.87 bits per heavy atom. The fourth-order valence-electron chi connectivity index (χ4n) is 4.20. The molecule has 0 bridgehead atoms. The number of likely N-dealkylation sites (tertiary alicyclic amines) is 1. The molecule has 5 rings (SSSR count). The minimum absolute atomic E-state index is 0.0185. The monoisotopic (exact) mass is 421 g/mol. The van der Waals surface area contributed by atoms with Crippen LogP contribution in [0.25, 0.3) is 10.2 Å². The van der Waals surface area contributed by atoms with E-state index in [0.717, 1.165) is 23.4 Å². The van der Waals surface area contributed by atoms with Gasteiger partial charge in [0.25, 0.3) is 5.91 Å². The summed E-state index contributed by atoms with van der Waals surface area (Å²) in [6.07, 6.45) is 1.21. The maximum Gasteiger partial charge on any atom is 0.268 e. The van der Waals surface area contributed by atoms with Crippen LogP contribution in [0, 0.1) is 0 Å². The molecular weight excluding hydrogens is 398 g/mol. The highest BCUT2D eigenvalue weighted by Crippen LogP contribution is 2.35. The zero-order valence-corrected chi connectivity index (χ0v) is 17.6. The van der Waals surface area contributed by atoms with Gasteiger partial charge in [-0.1, -0.05) is 24.3 Å². The second-order valence-corrected chi connectivity index (χ2v) is 8.89. The quantitative estimate of drug-likeness (QED) is 0.645. The second kappa shape index (κ2) is 7.72. The Kier molecular flexibility index (Phi) is 4.90. The first kappa shape index (κ1) is 19.1. The molecule has 3 heterocycles. The Labute approximate surface area is 179 Å². The third kappa shape index (κ3) is 3.43. The highest BCUT2D eigenvalue weighted by atomic mass is 32.1. The summed E-state index contributed by atoms with van der Waals surface area (Å²) in [6.45, 7) is 3.15. The molecule has 1 unspecified atom stereocenters. The summed E-state index contributed by atoms with van der Waals surface area (Å²) in [5.74, 6) is 0.838. The van der Waals surface area contributed by atoms with Crippen molar-refractivity contribution in [2.45, 2.75) is 31.8 Å². The number of carbonyl (C=O) groups is 2. The van der Waals surface area contributed by atoms with Crippen molar-refractivity contribution in [1.82, 2.24) is 9.88 Å². The van der Waals surface area contributed by atoms with Gasteiger partial charge in [0.1, 0.15) is 12.3 Å². The van der Waals surface area contributed by atoms with Gasteiger partial charge in [-0.2, -0.15) is 0 Å². The molecule has 0 N–H and O–H groups in total. The van der Waals surface area contributed by atoms with E-state index in [1.807, 2.05) is 47.4 Å². The van der Waals surface area contributed by atoms with Gasteiger partial charge in [0.05, 0.1) is 20.9 Å². The van der Waals surface area contributed by atoms with Crippen LogP contribution >= 0.6 is 11.3 Å². The SMILES string of the molecule is CC1Oc2ccccc2N(CC(=O)N2CCC(c3nc4ccccc4s3)CC2)C1=O. The van der Waals surface area contributed by atoms with Crippen LogP contribution in [0.15, 0.2) is 48.5 Å². The summed E-state index contributed by atoms with van der Waals surface area (Å²) in [4.78, 5) is 33.9. The molecule has 0 aliphatic carbocycles. The lowest BCUT2D eigenvalue weighted by Gasteiger charge is -2.36. The van der Waals surface area contributed by atoms with E-state index in [9.17, 15) is 9.59 Å². The summed E-state index contributed by atoms with van der Waals surface area (Å²) in [6, 6.07) is 15.6. The summed E-state index contributed by atoms with van der Waals surface area (Å²) >= 11 is 1.75. The van der Waals surface area contributed by atoms with Crippen LogP contribution in [0.5, 0.6) is 5.75 Å². The number of aromatic nitrogens is 1. The lowest BCUT2D eigenvalue weighted by molar-refractivity contribution is -0.133. The Balaban J connectivity index is 1.25. The summed E-state index contributed by atoms with van der Waals surface area (Å²) in [5, 5.41) is 1.16. The van der Waals surface area contributed by atoms with Crippen LogP contribution < -0.4 is 9.64 Å². The van der Waals surface area contributed by atoms with Gasteiger partial charge in [-0.25, -0.2) is 4.98 Å². The van der Waals surface area contributed by atoms with E-state index in [1.54, 1.807) is 23.2 Å². The topological polar surface area (TPSA) is 62.7 Å². The van der Waals surface area contributed by atoms with Gasteiger partial charge in [0, 0.05) is 19.0 Å². The van der Waals surface area contributed by atoms with Crippen molar-refractivity contribution in [2.24, 2.45) is 0 Å². The molecule has 1 atom stereocenters. The second-order valence-electron chi connectivity index (χ2n) is 7.83. The number of hydrogen-bond donors (Lipinski definition) is 0. The van der Waals surface area contributed by atoms with Gasteiger partial charge in [0.15, 0.2) is 6.10 Å². The zero-order valence-electron chi connectivity index (χ0n) is 16.8. The van der Waals surface area contributed by atoms with E-state index in [-0.39, 0.29) is 18.4 Å². The van der Waals surface area contributed by atoms with Crippen molar-refractivity contribution in [3.63, 3.8) is 0 Å². The molecule has 1 saturated heterocycles. The van der Waals surface area contributed by atoms with E-state index >= 15 is 0 Å². The highest BCUT2D eigenvalue weighted by molar-refractivity contribution is 7.18. The third-order valence-corrected chi connectivity index (χ3v) is 7.07. The molecule has 154 valence electrons. The first-order chi connectivity index (χ1) is 14.6. The minimum atomic E-state index is -0.586. The summed E-state index contributed by atoms with van der Waals surface area (Å²) in [7, 11) is 0. The predicted octanol–water partition coefficient (Wildman–Crippen LogP) is 3.82. The average molecular weight is 422 g/mol. The molecule has 0 spiro atoms. The third-order valence-electron chi connectivity index (χ3n) is 5.87. The maximum atomic E-state index is 13.0. The normalized spacial score (nSPS) is 19.6. The minimum Gasteiger partial charge on any atom is -0.479 e. The number of carbonyl (C=O) groups excluding carboxylic acids is 2. The van der Waals surface area contributed by atoms with Crippen molar-refractivity contribution in [3.8, 4) is 5.75 Å². The number of amides is 2. The Bertz CT molecular complexity index is 1070. The number of para-hydroxylation sites is 3. The fourth-order valence-corrected chi connectivity index (χ4v) is 5.33. The van der Waals surface area contributed by atoms with Crippen molar-refractivity contribution < 1.29 is 14.3 Å². The molecule has 2 amide bonds. The summed E-state index contributed by atoms with van der Waals surface area (Å²) in [5.41, 5.74) is 1.72. The predicted molar refractivity (Wildman–Crippen MR) is 117 cm³/mol. The standard InChI is InChI=1S/C23H23N3O3S/c1-15-23(28)26(18-7-3-4-8-19(18)29-15)14-21(27)25-12-10-16(11-13-25)22-24-17-6-2-5-9-20(17)30-22/h2-9,15-16H,10-14H2,1H3. The van der Waals surface area contributed by atoms with E-state index < -0.39 is 6.10 Å². The number of nitrogens with zero attached hydrogens (tertiary/aromatic N) is 3. The molecule has 2 aromatic carbocycles. The van der Waals surface area contributed by atoms with Gasteiger partial charge in [-0.05, 0) is 44.0 Å². The number of rotatable bonds is 3. The number of benzene rings is 2. The number of thiazole rings is 1. The van der Waals surface area contributed by atoms with Gasteiger partial charge < -0.3 is 9.64 Å².